The summed E-state index contributed by atoms with van der Waals surface area (Å²) in [7, 11) is -1.22. The number of hydrogen-bond donors (Lipinski definition) is 1. The molecule has 0 aromatic carbocycles. The minimum Gasteiger partial charge on any atom is -0.396 e. The van der Waals surface area contributed by atoms with Crippen LogP contribution in [0.25, 0.3) is 0 Å². The van der Waals surface area contributed by atoms with E-state index in [0.717, 1.165) is 0 Å². The second kappa shape index (κ2) is 4.43. The van der Waals surface area contributed by atoms with Gasteiger partial charge in [-0.2, -0.15) is 0 Å². The lowest BCUT2D eigenvalue weighted by Crippen LogP contribution is -2.26. The van der Waals surface area contributed by atoms with E-state index in [0.29, 0.717) is 18.2 Å². The summed E-state index contributed by atoms with van der Waals surface area (Å²) in [6.45, 7) is 0.364. The molecule has 1 rings (SSSR count). The van der Waals surface area contributed by atoms with Gasteiger partial charge in [0.15, 0.2) is 0 Å². The predicted molar refractivity (Wildman–Crippen MR) is 59.4 cm³/mol. The molecule has 0 aliphatic carbocycles. The topological polar surface area (TPSA) is 89.2 Å². The molecule has 1 aromatic rings. The van der Waals surface area contributed by atoms with Gasteiger partial charge < -0.3 is 10.6 Å². The molecule has 84 valence electrons. The highest BCUT2D eigenvalue weighted by atomic mass is 32.2. The van der Waals surface area contributed by atoms with Crippen molar-refractivity contribution in [2.24, 2.45) is 0 Å². The average Bonchev–Trinajstić information content (AvgIpc) is 2.14. The van der Waals surface area contributed by atoms with E-state index >= 15 is 0 Å². The van der Waals surface area contributed by atoms with Crippen LogP contribution in [0.3, 0.4) is 0 Å². The molecule has 0 atom stereocenters. The Hall–Kier alpha value is -1.37. The SMILES string of the molecule is CN(CCS(C)(=O)=O)c1ncc(N)cn1. The molecule has 0 radical (unpaired) electrons. The lowest BCUT2D eigenvalue weighted by molar-refractivity contribution is 0.601. The van der Waals surface area contributed by atoms with Crippen LogP contribution in [0.15, 0.2) is 12.4 Å². The van der Waals surface area contributed by atoms with E-state index in [4.69, 9.17) is 5.73 Å². The Balaban J connectivity index is 2.61. The van der Waals surface area contributed by atoms with Gasteiger partial charge in [0, 0.05) is 19.8 Å². The summed E-state index contributed by atoms with van der Waals surface area (Å²) in [5.41, 5.74) is 5.91. The molecule has 7 heteroatoms. The summed E-state index contributed by atoms with van der Waals surface area (Å²) in [6.07, 6.45) is 4.17. The van der Waals surface area contributed by atoms with Gasteiger partial charge >= 0.3 is 0 Å². The summed E-state index contributed by atoms with van der Waals surface area (Å²) < 4.78 is 21.9. The van der Waals surface area contributed by atoms with Gasteiger partial charge in [0.1, 0.15) is 9.84 Å². The molecular formula is C8H14N4O2S. The van der Waals surface area contributed by atoms with Gasteiger partial charge in [0.25, 0.3) is 0 Å². The molecule has 0 unspecified atom stereocenters. The van der Waals surface area contributed by atoms with E-state index in [1.54, 1.807) is 11.9 Å². The number of nitrogens with two attached hydrogens (primary N) is 1. The third kappa shape index (κ3) is 4.11. The van der Waals surface area contributed by atoms with Crippen LogP contribution in [0, 0.1) is 0 Å². The fourth-order valence-corrected chi connectivity index (χ4v) is 1.54. The number of sulfone groups is 1. The molecule has 0 amide bonds. The third-order valence-electron chi connectivity index (χ3n) is 1.80. The van der Waals surface area contributed by atoms with Gasteiger partial charge in [0.2, 0.25) is 5.95 Å². The Bertz CT molecular complexity index is 415. The van der Waals surface area contributed by atoms with E-state index < -0.39 is 9.84 Å². The maximum Gasteiger partial charge on any atom is 0.225 e. The first-order valence-electron chi connectivity index (χ1n) is 4.35. The Kier molecular flexibility index (Phi) is 3.46. The average molecular weight is 230 g/mol. The minimum absolute atomic E-state index is 0.0806. The van der Waals surface area contributed by atoms with Gasteiger partial charge in [-0.3, -0.25) is 0 Å². The smallest absolute Gasteiger partial charge is 0.225 e. The number of nitrogens with zero attached hydrogens (tertiary/aromatic N) is 3. The third-order valence-corrected chi connectivity index (χ3v) is 2.72. The Morgan fingerprint density at radius 1 is 1.40 bits per heavy atom. The number of rotatable bonds is 4. The molecule has 1 heterocycles. The van der Waals surface area contributed by atoms with E-state index in [2.05, 4.69) is 9.97 Å². The minimum atomic E-state index is -2.96. The zero-order valence-electron chi connectivity index (χ0n) is 8.71. The van der Waals surface area contributed by atoms with Crippen molar-refractivity contribution in [2.45, 2.75) is 0 Å². The second-order valence-electron chi connectivity index (χ2n) is 3.37. The maximum absolute atomic E-state index is 10.9. The Morgan fingerprint density at radius 3 is 2.40 bits per heavy atom. The van der Waals surface area contributed by atoms with Gasteiger partial charge in [-0.25, -0.2) is 18.4 Å². The van der Waals surface area contributed by atoms with Crippen LogP contribution >= 0.6 is 0 Å². The normalized spacial score (nSPS) is 11.3. The van der Waals surface area contributed by atoms with Gasteiger partial charge in [-0.05, 0) is 0 Å². The summed E-state index contributed by atoms with van der Waals surface area (Å²) >= 11 is 0. The van der Waals surface area contributed by atoms with Gasteiger partial charge in [-0.1, -0.05) is 0 Å². The van der Waals surface area contributed by atoms with Crippen molar-refractivity contribution in [3.8, 4) is 0 Å². The maximum atomic E-state index is 10.9. The monoisotopic (exact) mass is 230 g/mol. The first-order valence-corrected chi connectivity index (χ1v) is 6.41. The number of hydrogen-bond acceptors (Lipinski definition) is 6. The standard InChI is InChI=1S/C8H14N4O2S/c1-12(3-4-15(2,13)14)8-10-5-7(9)6-11-8/h5-6H,3-4,9H2,1-2H3. The van der Waals surface area contributed by atoms with Crippen molar-refractivity contribution < 1.29 is 8.42 Å². The summed E-state index contributed by atoms with van der Waals surface area (Å²) in [5, 5.41) is 0. The van der Waals surface area contributed by atoms with E-state index in [-0.39, 0.29) is 5.75 Å². The van der Waals surface area contributed by atoms with Crippen LogP contribution in [-0.2, 0) is 9.84 Å². The number of anilines is 2. The van der Waals surface area contributed by atoms with Gasteiger partial charge in [-0.15, -0.1) is 0 Å². The van der Waals surface area contributed by atoms with Gasteiger partial charge in [0.05, 0.1) is 23.8 Å². The lowest BCUT2D eigenvalue weighted by atomic mass is 10.5. The highest BCUT2D eigenvalue weighted by Gasteiger charge is 2.07. The molecule has 15 heavy (non-hydrogen) atoms. The van der Waals surface area contributed by atoms with E-state index in [1.165, 1.54) is 18.6 Å². The molecule has 2 N–H and O–H groups in total. The van der Waals surface area contributed by atoms with Crippen LogP contribution in [0.4, 0.5) is 11.6 Å². The molecule has 0 bridgehead atoms. The first kappa shape index (κ1) is 11.7. The Labute approximate surface area is 89.1 Å². The van der Waals surface area contributed by atoms with Crippen molar-refractivity contribution in [1.29, 1.82) is 0 Å². The molecule has 0 saturated heterocycles. The Morgan fingerprint density at radius 2 is 1.93 bits per heavy atom. The zero-order chi connectivity index (χ0) is 11.5. The molecule has 0 spiro atoms. The quantitative estimate of drug-likeness (QED) is 0.753. The first-order chi connectivity index (χ1) is 6.88. The molecular weight excluding hydrogens is 216 g/mol. The van der Waals surface area contributed by atoms with E-state index in [9.17, 15) is 8.42 Å². The second-order valence-corrected chi connectivity index (χ2v) is 5.63. The number of aromatic nitrogens is 2. The van der Waals surface area contributed by atoms with Crippen molar-refractivity contribution in [2.75, 3.05) is 36.2 Å². The molecule has 0 aliphatic rings. The van der Waals surface area contributed by atoms with Crippen molar-refractivity contribution >= 4 is 21.5 Å². The zero-order valence-corrected chi connectivity index (χ0v) is 9.53. The van der Waals surface area contributed by atoms with Crippen molar-refractivity contribution in [3.63, 3.8) is 0 Å². The predicted octanol–water partition coefficient (Wildman–Crippen LogP) is -0.460. The molecule has 0 saturated carbocycles. The van der Waals surface area contributed by atoms with E-state index in [1.807, 2.05) is 0 Å². The highest BCUT2D eigenvalue weighted by Crippen LogP contribution is 2.05. The van der Waals surface area contributed by atoms with Crippen LogP contribution in [0.2, 0.25) is 0 Å². The largest absolute Gasteiger partial charge is 0.396 e. The van der Waals surface area contributed by atoms with Crippen LogP contribution in [-0.4, -0.2) is 44.0 Å². The fourth-order valence-electron chi connectivity index (χ4n) is 0.931. The lowest BCUT2D eigenvalue weighted by Gasteiger charge is -2.15. The molecule has 6 nitrogen and oxygen atoms in total. The number of nitrogen functional groups attached to an aromatic ring is 1. The highest BCUT2D eigenvalue weighted by molar-refractivity contribution is 7.90. The van der Waals surface area contributed by atoms with Crippen molar-refractivity contribution in [1.82, 2.24) is 9.97 Å². The molecule has 0 fully saturated rings. The van der Waals surface area contributed by atoms with Crippen LogP contribution < -0.4 is 10.6 Å². The van der Waals surface area contributed by atoms with Crippen LogP contribution in [0.1, 0.15) is 0 Å². The fraction of sp³-hybridized carbons (Fsp3) is 0.500. The summed E-state index contributed by atoms with van der Waals surface area (Å²) in [6, 6.07) is 0. The molecule has 0 aliphatic heterocycles. The van der Waals surface area contributed by atoms with Crippen molar-refractivity contribution in [3.05, 3.63) is 12.4 Å². The summed E-state index contributed by atoms with van der Waals surface area (Å²) in [5.74, 6) is 0.546. The van der Waals surface area contributed by atoms with Crippen LogP contribution in [0.5, 0.6) is 0 Å². The molecule has 1 aromatic heterocycles. The summed E-state index contributed by atoms with van der Waals surface area (Å²) in [4.78, 5) is 9.61.